The minimum atomic E-state index is 0.337. The molecule has 2 rings (SSSR count). The fourth-order valence-electron chi connectivity index (χ4n) is 1.41. The molecule has 0 saturated heterocycles. The number of carbonyl (C=O) groups is 1. The Morgan fingerprint density at radius 2 is 2.20 bits per heavy atom. The van der Waals surface area contributed by atoms with Crippen LogP contribution in [0.15, 0.2) is 34.3 Å². The Labute approximate surface area is 97.4 Å². The summed E-state index contributed by atoms with van der Waals surface area (Å²) in [7, 11) is 0. The molecule has 2 aromatic rings. The van der Waals surface area contributed by atoms with Crippen molar-refractivity contribution in [1.29, 1.82) is 0 Å². The predicted molar refractivity (Wildman–Crippen MR) is 65.7 cm³/mol. The van der Waals surface area contributed by atoms with Crippen molar-refractivity contribution in [2.24, 2.45) is 0 Å². The molecular weight excluding hydrogens is 224 g/mol. The molecule has 0 unspecified atom stereocenters. The van der Waals surface area contributed by atoms with Gasteiger partial charge in [-0.1, -0.05) is 6.07 Å². The summed E-state index contributed by atoms with van der Waals surface area (Å²) in [5.41, 5.74) is 1.28. The van der Waals surface area contributed by atoms with Gasteiger partial charge >= 0.3 is 0 Å². The highest BCUT2D eigenvalue weighted by molar-refractivity contribution is 7.10. The van der Waals surface area contributed by atoms with Crippen LogP contribution >= 0.6 is 22.7 Å². The Hall–Kier alpha value is -0.930. The highest BCUT2D eigenvalue weighted by Gasteiger charge is 2.05. The zero-order chi connectivity index (χ0) is 10.5. The fourth-order valence-corrected chi connectivity index (χ4v) is 2.85. The van der Waals surface area contributed by atoms with Crippen molar-refractivity contribution in [3.05, 3.63) is 44.8 Å². The van der Waals surface area contributed by atoms with E-state index in [1.807, 2.05) is 17.5 Å². The summed E-state index contributed by atoms with van der Waals surface area (Å²) >= 11 is 3.34. The summed E-state index contributed by atoms with van der Waals surface area (Å²) in [6, 6.07) is 6.10. The zero-order valence-electron chi connectivity index (χ0n) is 8.31. The van der Waals surface area contributed by atoms with E-state index in [0.717, 1.165) is 6.42 Å². The van der Waals surface area contributed by atoms with Crippen molar-refractivity contribution < 1.29 is 4.79 Å². The lowest BCUT2D eigenvalue weighted by molar-refractivity contribution is -0.118. The SMILES string of the molecule is O=C(CCc1ccsc1)Cc1cccs1. The number of aryl methyl sites for hydroxylation is 1. The van der Waals surface area contributed by atoms with Crippen LogP contribution in [-0.2, 0) is 17.6 Å². The Morgan fingerprint density at radius 1 is 1.27 bits per heavy atom. The van der Waals surface area contributed by atoms with Crippen LogP contribution < -0.4 is 0 Å². The van der Waals surface area contributed by atoms with Crippen LogP contribution in [0.25, 0.3) is 0 Å². The van der Waals surface area contributed by atoms with E-state index in [-0.39, 0.29) is 0 Å². The van der Waals surface area contributed by atoms with Crippen LogP contribution in [0.3, 0.4) is 0 Å². The summed E-state index contributed by atoms with van der Waals surface area (Å²) in [6.45, 7) is 0. The Morgan fingerprint density at radius 3 is 2.87 bits per heavy atom. The third-order valence-electron chi connectivity index (χ3n) is 2.22. The van der Waals surface area contributed by atoms with Crippen LogP contribution in [0.1, 0.15) is 16.9 Å². The number of rotatable bonds is 5. The van der Waals surface area contributed by atoms with E-state index in [2.05, 4.69) is 16.8 Å². The average molecular weight is 236 g/mol. The highest BCUT2D eigenvalue weighted by Crippen LogP contribution is 2.13. The third-order valence-corrected chi connectivity index (χ3v) is 3.83. The number of ketones is 1. The van der Waals surface area contributed by atoms with Gasteiger partial charge in [0.2, 0.25) is 0 Å². The van der Waals surface area contributed by atoms with E-state index in [9.17, 15) is 4.79 Å². The molecule has 3 heteroatoms. The van der Waals surface area contributed by atoms with Crippen molar-refractivity contribution in [3.8, 4) is 0 Å². The molecule has 0 amide bonds. The maximum absolute atomic E-state index is 11.6. The summed E-state index contributed by atoms with van der Waals surface area (Å²) in [4.78, 5) is 12.8. The second-order valence-electron chi connectivity index (χ2n) is 3.43. The van der Waals surface area contributed by atoms with Crippen molar-refractivity contribution >= 4 is 28.5 Å². The Kier molecular flexibility index (Phi) is 3.69. The van der Waals surface area contributed by atoms with E-state index in [0.29, 0.717) is 18.6 Å². The second-order valence-corrected chi connectivity index (χ2v) is 5.24. The lowest BCUT2D eigenvalue weighted by atomic mass is 10.1. The third kappa shape index (κ3) is 3.29. The topological polar surface area (TPSA) is 17.1 Å². The fraction of sp³-hybridized carbons (Fsp3) is 0.250. The Bertz CT molecular complexity index is 401. The monoisotopic (exact) mass is 236 g/mol. The minimum Gasteiger partial charge on any atom is -0.299 e. The summed E-state index contributed by atoms with van der Waals surface area (Å²) in [5.74, 6) is 0.337. The summed E-state index contributed by atoms with van der Waals surface area (Å²) in [6.07, 6.45) is 2.14. The van der Waals surface area contributed by atoms with Gasteiger partial charge in [0.1, 0.15) is 5.78 Å². The standard InChI is InChI=1S/C12H12OS2/c13-11(8-12-2-1-6-15-12)4-3-10-5-7-14-9-10/h1-2,5-7,9H,3-4,8H2. The molecule has 0 aliphatic heterocycles. The van der Waals surface area contributed by atoms with Crippen LogP contribution in [-0.4, -0.2) is 5.78 Å². The first kappa shape index (κ1) is 10.6. The molecule has 0 aromatic carbocycles. The maximum atomic E-state index is 11.6. The van der Waals surface area contributed by atoms with Crippen LogP contribution in [0.4, 0.5) is 0 Å². The lowest BCUT2D eigenvalue weighted by Crippen LogP contribution is -2.02. The first-order valence-corrected chi connectivity index (χ1v) is 6.72. The number of Topliss-reactive ketones (excluding diaryl/α,β-unsaturated/α-hetero) is 1. The second kappa shape index (κ2) is 5.24. The molecule has 0 N–H and O–H groups in total. The van der Waals surface area contributed by atoms with E-state index in [4.69, 9.17) is 0 Å². The van der Waals surface area contributed by atoms with Gasteiger partial charge in [-0.15, -0.1) is 11.3 Å². The molecule has 78 valence electrons. The summed E-state index contributed by atoms with van der Waals surface area (Å²) < 4.78 is 0. The number of hydrogen-bond acceptors (Lipinski definition) is 3. The molecule has 0 spiro atoms. The van der Waals surface area contributed by atoms with Gasteiger partial charge in [0.15, 0.2) is 0 Å². The maximum Gasteiger partial charge on any atom is 0.138 e. The first-order valence-electron chi connectivity index (χ1n) is 4.90. The van der Waals surface area contributed by atoms with Gasteiger partial charge in [-0.05, 0) is 40.3 Å². The molecule has 1 nitrogen and oxygen atoms in total. The van der Waals surface area contributed by atoms with E-state index in [1.54, 1.807) is 22.7 Å². The van der Waals surface area contributed by atoms with E-state index in [1.165, 1.54) is 10.4 Å². The molecule has 0 aliphatic carbocycles. The largest absolute Gasteiger partial charge is 0.299 e. The van der Waals surface area contributed by atoms with E-state index < -0.39 is 0 Å². The zero-order valence-corrected chi connectivity index (χ0v) is 9.94. The Balaban J connectivity index is 1.78. The van der Waals surface area contributed by atoms with Gasteiger partial charge in [-0.25, -0.2) is 0 Å². The van der Waals surface area contributed by atoms with Gasteiger partial charge in [0.25, 0.3) is 0 Å². The molecule has 15 heavy (non-hydrogen) atoms. The average Bonchev–Trinajstić information content (AvgIpc) is 2.86. The van der Waals surface area contributed by atoms with Crippen molar-refractivity contribution in [1.82, 2.24) is 0 Å². The lowest BCUT2D eigenvalue weighted by Gasteiger charge is -1.97. The van der Waals surface area contributed by atoms with E-state index >= 15 is 0 Å². The molecule has 0 fully saturated rings. The smallest absolute Gasteiger partial charge is 0.138 e. The van der Waals surface area contributed by atoms with Gasteiger partial charge in [-0.3, -0.25) is 4.79 Å². The normalized spacial score (nSPS) is 10.4. The van der Waals surface area contributed by atoms with Gasteiger partial charge in [-0.2, -0.15) is 11.3 Å². The van der Waals surface area contributed by atoms with Crippen molar-refractivity contribution in [3.63, 3.8) is 0 Å². The quantitative estimate of drug-likeness (QED) is 0.776. The van der Waals surface area contributed by atoms with Crippen LogP contribution in [0.2, 0.25) is 0 Å². The minimum absolute atomic E-state index is 0.337. The van der Waals surface area contributed by atoms with Crippen LogP contribution in [0, 0.1) is 0 Å². The molecule has 2 aromatic heterocycles. The highest BCUT2D eigenvalue weighted by atomic mass is 32.1. The number of thiophene rings is 2. The van der Waals surface area contributed by atoms with Gasteiger partial charge in [0, 0.05) is 17.7 Å². The molecule has 0 bridgehead atoms. The molecule has 0 atom stereocenters. The van der Waals surface area contributed by atoms with Crippen molar-refractivity contribution in [2.45, 2.75) is 19.3 Å². The molecule has 0 radical (unpaired) electrons. The van der Waals surface area contributed by atoms with Gasteiger partial charge in [0.05, 0.1) is 0 Å². The van der Waals surface area contributed by atoms with Gasteiger partial charge < -0.3 is 0 Å². The molecule has 0 saturated carbocycles. The molecule has 2 heterocycles. The van der Waals surface area contributed by atoms with Crippen molar-refractivity contribution in [2.75, 3.05) is 0 Å². The summed E-state index contributed by atoms with van der Waals surface area (Å²) in [5, 5.41) is 6.18. The number of carbonyl (C=O) groups excluding carboxylic acids is 1. The van der Waals surface area contributed by atoms with Crippen LogP contribution in [0.5, 0.6) is 0 Å². The number of hydrogen-bond donors (Lipinski definition) is 0. The predicted octanol–water partition coefficient (Wildman–Crippen LogP) is 3.55. The first-order chi connectivity index (χ1) is 7.34. The molecule has 0 aliphatic rings. The molecular formula is C12H12OS2.